The van der Waals surface area contributed by atoms with E-state index in [0.29, 0.717) is 0 Å². The number of rotatable bonds is 2. The van der Waals surface area contributed by atoms with Crippen LogP contribution in [-0.4, -0.2) is 11.7 Å². The van der Waals surface area contributed by atoms with Gasteiger partial charge in [-0.3, -0.25) is 0 Å². The molecule has 0 aliphatic rings. The Balaban J connectivity index is 2.53. The standard InChI is InChI=1S/C12H13NO/c1-10-5-6-11(12(9-10)14-2)13-7-3-4-8-13/h3-9H,1-2H3. The molecule has 0 aliphatic carbocycles. The maximum absolute atomic E-state index is 5.33. The molecule has 0 saturated heterocycles. The van der Waals surface area contributed by atoms with Crippen molar-refractivity contribution in [2.75, 3.05) is 7.11 Å². The number of methoxy groups -OCH3 is 1. The quantitative estimate of drug-likeness (QED) is 0.705. The van der Waals surface area contributed by atoms with E-state index in [1.807, 2.05) is 35.2 Å². The van der Waals surface area contributed by atoms with Crippen molar-refractivity contribution in [3.8, 4) is 11.4 Å². The molecule has 0 radical (unpaired) electrons. The van der Waals surface area contributed by atoms with Crippen LogP contribution < -0.4 is 4.74 Å². The molecule has 14 heavy (non-hydrogen) atoms. The summed E-state index contributed by atoms with van der Waals surface area (Å²) in [5, 5.41) is 0. The van der Waals surface area contributed by atoms with Crippen LogP contribution in [0.3, 0.4) is 0 Å². The summed E-state index contributed by atoms with van der Waals surface area (Å²) in [6, 6.07) is 10.2. The van der Waals surface area contributed by atoms with Gasteiger partial charge in [0.25, 0.3) is 0 Å². The summed E-state index contributed by atoms with van der Waals surface area (Å²) >= 11 is 0. The molecule has 0 atom stereocenters. The van der Waals surface area contributed by atoms with Crippen LogP contribution in [0.4, 0.5) is 0 Å². The lowest BCUT2D eigenvalue weighted by molar-refractivity contribution is 0.412. The van der Waals surface area contributed by atoms with E-state index in [4.69, 9.17) is 4.74 Å². The smallest absolute Gasteiger partial charge is 0.143 e. The van der Waals surface area contributed by atoms with Gasteiger partial charge < -0.3 is 9.30 Å². The Bertz CT molecular complexity index is 418. The number of ether oxygens (including phenoxy) is 1. The third-order valence-corrected chi connectivity index (χ3v) is 2.22. The Morgan fingerprint density at radius 2 is 1.86 bits per heavy atom. The predicted octanol–water partition coefficient (Wildman–Crippen LogP) is 2.79. The van der Waals surface area contributed by atoms with Crippen LogP contribution in [0.25, 0.3) is 5.69 Å². The van der Waals surface area contributed by atoms with Crippen molar-refractivity contribution in [2.24, 2.45) is 0 Å². The molecule has 72 valence electrons. The van der Waals surface area contributed by atoms with Crippen molar-refractivity contribution < 1.29 is 4.74 Å². The van der Waals surface area contributed by atoms with Crippen LogP contribution >= 0.6 is 0 Å². The summed E-state index contributed by atoms with van der Waals surface area (Å²) in [4.78, 5) is 0. The summed E-state index contributed by atoms with van der Waals surface area (Å²) in [6.45, 7) is 2.06. The molecule has 2 nitrogen and oxygen atoms in total. The van der Waals surface area contributed by atoms with Crippen molar-refractivity contribution in [3.63, 3.8) is 0 Å². The molecule has 0 amide bonds. The van der Waals surface area contributed by atoms with Crippen molar-refractivity contribution in [2.45, 2.75) is 6.92 Å². The first-order chi connectivity index (χ1) is 6.81. The molecule has 1 heterocycles. The highest BCUT2D eigenvalue weighted by Gasteiger charge is 2.03. The summed E-state index contributed by atoms with van der Waals surface area (Å²) in [6.07, 6.45) is 4.01. The molecule has 0 fully saturated rings. The van der Waals surface area contributed by atoms with Gasteiger partial charge in [-0.1, -0.05) is 6.07 Å². The lowest BCUT2D eigenvalue weighted by Gasteiger charge is -2.09. The average molecular weight is 187 g/mol. The van der Waals surface area contributed by atoms with Gasteiger partial charge in [0.05, 0.1) is 12.8 Å². The Labute approximate surface area is 83.8 Å². The summed E-state index contributed by atoms with van der Waals surface area (Å²) in [7, 11) is 1.70. The van der Waals surface area contributed by atoms with Crippen LogP contribution in [0.1, 0.15) is 5.56 Å². The molecule has 0 spiro atoms. The number of nitrogens with zero attached hydrogens (tertiary/aromatic N) is 1. The van der Waals surface area contributed by atoms with Gasteiger partial charge in [0.2, 0.25) is 0 Å². The van der Waals surface area contributed by atoms with E-state index in [2.05, 4.69) is 19.1 Å². The largest absolute Gasteiger partial charge is 0.495 e. The second-order valence-electron chi connectivity index (χ2n) is 3.27. The molecule has 0 aliphatic heterocycles. The fourth-order valence-corrected chi connectivity index (χ4v) is 1.49. The van der Waals surface area contributed by atoms with Gasteiger partial charge in [-0.25, -0.2) is 0 Å². The van der Waals surface area contributed by atoms with Crippen LogP contribution in [0.2, 0.25) is 0 Å². The normalized spacial score (nSPS) is 10.1. The monoisotopic (exact) mass is 187 g/mol. The van der Waals surface area contributed by atoms with Crippen LogP contribution in [-0.2, 0) is 0 Å². The van der Waals surface area contributed by atoms with Gasteiger partial charge in [-0.05, 0) is 36.8 Å². The van der Waals surface area contributed by atoms with Crippen molar-refractivity contribution in [1.82, 2.24) is 4.57 Å². The first-order valence-corrected chi connectivity index (χ1v) is 4.59. The highest BCUT2D eigenvalue weighted by atomic mass is 16.5. The summed E-state index contributed by atoms with van der Waals surface area (Å²) < 4.78 is 7.37. The van der Waals surface area contributed by atoms with Crippen LogP contribution in [0, 0.1) is 6.92 Å². The van der Waals surface area contributed by atoms with E-state index in [9.17, 15) is 0 Å². The molecule has 1 aromatic heterocycles. The third-order valence-electron chi connectivity index (χ3n) is 2.22. The van der Waals surface area contributed by atoms with Gasteiger partial charge >= 0.3 is 0 Å². The zero-order valence-electron chi connectivity index (χ0n) is 8.40. The van der Waals surface area contributed by atoms with Gasteiger partial charge in [-0.15, -0.1) is 0 Å². The van der Waals surface area contributed by atoms with E-state index < -0.39 is 0 Å². The van der Waals surface area contributed by atoms with E-state index in [0.717, 1.165) is 11.4 Å². The van der Waals surface area contributed by atoms with Crippen molar-refractivity contribution in [1.29, 1.82) is 0 Å². The number of aromatic nitrogens is 1. The predicted molar refractivity (Wildman–Crippen MR) is 57.1 cm³/mol. The first-order valence-electron chi connectivity index (χ1n) is 4.59. The Kier molecular flexibility index (Phi) is 2.27. The minimum Gasteiger partial charge on any atom is -0.495 e. The molecule has 2 aromatic rings. The molecule has 0 bridgehead atoms. The molecular weight excluding hydrogens is 174 g/mol. The zero-order valence-corrected chi connectivity index (χ0v) is 8.40. The highest BCUT2D eigenvalue weighted by Crippen LogP contribution is 2.23. The molecule has 0 saturated carbocycles. The van der Waals surface area contributed by atoms with Crippen LogP contribution in [0.15, 0.2) is 42.7 Å². The molecule has 0 N–H and O–H groups in total. The zero-order chi connectivity index (χ0) is 9.97. The molecule has 0 unspecified atom stereocenters. The number of hydrogen-bond donors (Lipinski definition) is 0. The first kappa shape index (κ1) is 8.88. The molecule has 2 heteroatoms. The summed E-state index contributed by atoms with van der Waals surface area (Å²) in [5.41, 5.74) is 2.28. The van der Waals surface area contributed by atoms with E-state index in [1.54, 1.807) is 7.11 Å². The minimum atomic E-state index is 0.904. The second-order valence-corrected chi connectivity index (χ2v) is 3.27. The average Bonchev–Trinajstić information content (AvgIpc) is 2.70. The Morgan fingerprint density at radius 1 is 1.14 bits per heavy atom. The lowest BCUT2D eigenvalue weighted by atomic mass is 10.2. The van der Waals surface area contributed by atoms with E-state index in [1.165, 1.54) is 5.56 Å². The fraction of sp³-hybridized carbons (Fsp3) is 0.167. The molecular formula is C12H13NO. The molecule has 2 rings (SSSR count). The van der Waals surface area contributed by atoms with Gasteiger partial charge in [0.15, 0.2) is 0 Å². The van der Waals surface area contributed by atoms with Gasteiger partial charge in [0.1, 0.15) is 5.75 Å². The van der Waals surface area contributed by atoms with Crippen molar-refractivity contribution >= 4 is 0 Å². The topological polar surface area (TPSA) is 14.2 Å². The van der Waals surface area contributed by atoms with Gasteiger partial charge in [0, 0.05) is 12.4 Å². The fourth-order valence-electron chi connectivity index (χ4n) is 1.49. The second kappa shape index (κ2) is 3.58. The number of benzene rings is 1. The number of aryl methyl sites for hydroxylation is 1. The minimum absolute atomic E-state index is 0.904. The third kappa shape index (κ3) is 1.51. The lowest BCUT2D eigenvalue weighted by Crippen LogP contribution is -1.95. The van der Waals surface area contributed by atoms with Crippen LogP contribution in [0.5, 0.6) is 5.75 Å². The van der Waals surface area contributed by atoms with E-state index >= 15 is 0 Å². The van der Waals surface area contributed by atoms with Crippen molar-refractivity contribution in [3.05, 3.63) is 48.3 Å². The highest BCUT2D eigenvalue weighted by molar-refractivity contribution is 5.48. The Hall–Kier alpha value is -1.70. The SMILES string of the molecule is COc1cc(C)ccc1-n1cccc1. The Morgan fingerprint density at radius 3 is 2.50 bits per heavy atom. The molecule has 1 aromatic carbocycles. The number of hydrogen-bond acceptors (Lipinski definition) is 1. The summed E-state index contributed by atoms with van der Waals surface area (Å²) in [5.74, 6) is 0.904. The van der Waals surface area contributed by atoms with E-state index in [-0.39, 0.29) is 0 Å². The maximum Gasteiger partial charge on any atom is 0.143 e. The maximum atomic E-state index is 5.33. The van der Waals surface area contributed by atoms with Gasteiger partial charge in [-0.2, -0.15) is 0 Å².